The first-order chi connectivity index (χ1) is 11.1. The summed E-state index contributed by atoms with van der Waals surface area (Å²) in [5.74, 6) is 0.249. The molecule has 0 atom stereocenters. The molecule has 0 aliphatic carbocycles. The van der Waals surface area contributed by atoms with Crippen LogP contribution in [0.15, 0.2) is 47.4 Å². The van der Waals surface area contributed by atoms with Crippen molar-refractivity contribution < 1.29 is 18.3 Å². The number of ether oxygens (including phenoxy) is 1. The van der Waals surface area contributed by atoms with Crippen LogP contribution in [0.5, 0.6) is 5.75 Å². The van der Waals surface area contributed by atoms with Gasteiger partial charge in [-0.05, 0) is 48.6 Å². The van der Waals surface area contributed by atoms with E-state index in [2.05, 4.69) is 5.32 Å². The van der Waals surface area contributed by atoms with E-state index in [1.165, 1.54) is 37.4 Å². The second-order valence-electron chi connectivity index (χ2n) is 4.80. The molecule has 1 N–H and O–H groups in total. The van der Waals surface area contributed by atoms with Crippen molar-refractivity contribution in [3.8, 4) is 5.75 Å². The van der Waals surface area contributed by atoms with Gasteiger partial charge in [0, 0.05) is 17.4 Å². The maximum atomic E-state index is 13.2. The van der Waals surface area contributed by atoms with Gasteiger partial charge >= 0.3 is 0 Å². The summed E-state index contributed by atoms with van der Waals surface area (Å²) in [6, 6.07) is 10.2. The molecular formula is C17H17F2NO2S. The molecule has 0 aliphatic rings. The van der Waals surface area contributed by atoms with Gasteiger partial charge in [0.15, 0.2) is 0 Å². The van der Waals surface area contributed by atoms with Gasteiger partial charge in [0.2, 0.25) is 5.91 Å². The minimum absolute atomic E-state index is 0.200. The summed E-state index contributed by atoms with van der Waals surface area (Å²) < 4.78 is 31.1. The van der Waals surface area contributed by atoms with E-state index < -0.39 is 5.82 Å². The Labute approximate surface area is 138 Å². The molecule has 0 bridgehead atoms. The fraction of sp³-hybridized carbons (Fsp3) is 0.235. The molecular weight excluding hydrogens is 320 g/mol. The molecule has 0 aromatic heterocycles. The highest BCUT2D eigenvalue weighted by Gasteiger charge is 2.08. The molecule has 0 radical (unpaired) electrons. The van der Waals surface area contributed by atoms with Gasteiger partial charge in [-0.2, -0.15) is 0 Å². The number of anilines is 1. The number of amides is 1. The molecule has 0 aliphatic heterocycles. The molecule has 2 aromatic carbocycles. The lowest BCUT2D eigenvalue weighted by Gasteiger charge is -2.10. The predicted molar refractivity (Wildman–Crippen MR) is 87.9 cm³/mol. The molecule has 3 nitrogen and oxygen atoms in total. The summed E-state index contributed by atoms with van der Waals surface area (Å²) in [6.07, 6.45) is 0.972. The van der Waals surface area contributed by atoms with E-state index in [0.29, 0.717) is 24.3 Å². The third kappa shape index (κ3) is 5.56. The van der Waals surface area contributed by atoms with Crippen LogP contribution >= 0.6 is 11.8 Å². The minimum Gasteiger partial charge on any atom is -0.495 e. The van der Waals surface area contributed by atoms with Crippen LogP contribution in [0.1, 0.15) is 12.8 Å². The van der Waals surface area contributed by atoms with E-state index in [4.69, 9.17) is 4.74 Å². The topological polar surface area (TPSA) is 38.3 Å². The van der Waals surface area contributed by atoms with E-state index in [-0.39, 0.29) is 11.7 Å². The number of carbonyl (C=O) groups excluding carboxylic acids is 1. The van der Waals surface area contributed by atoms with Crippen LogP contribution in [0.25, 0.3) is 0 Å². The Morgan fingerprint density at radius 1 is 1.13 bits per heavy atom. The van der Waals surface area contributed by atoms with Crippen molar-refractivity contribution in [3.63, 3.8) is 0 Å². The average Bonchev–Trinajstić information content (AvgIpc) is 2.53. The summed E-state index contributed by atoms with van der Waals surface area (Å²) in [5.41, 5.74) is 0.323. The van der Waals surface area contributed by atoms with E-state index in [1.54, 1.807) is 23.9 Å². The fourth-order valence-electron chi connectivity index (χ4n) is 1.94. The SMILES string of the molecule is COc1ccc(F)cc1NC(=O)CCCSc1ccc(F)cc1. The third-order valence-electron chi connectivity index (χ3n) is 3.07. The lowest BCUT2D eigenvalue weighted by atomic mass is 10.2. The molecule has 0 heterocycles. The number of thioether (sulfide) groups is 1. The van der Waals surface area contributed by atoms with Crippen LogP contribution in [-0.2, 0) is 4.79 Å². The second kappa shape index (κ2) is 8.53. The van der Waals surface area contributed by atoms with E-state index >= 15 is 0 Å². The zero-order valence-electron chi connectivity index (χ0n) is 12.6. The minimum atomic E-state index is -0.437. The molecule has 23 heavy (non-hydrogen) atoms. The molecule has 0 spiro atoms. The number of methoxy groups -OCH3 is 1. The summed E-state index contributed by atoms with van der Waals surface area (Å²) in [7, 11) is 1.46. The Balaban J connectivity index is 1.77. The summed E-state index contributed by atoms with van der Waals surface area (Å²) >= 11 is 1.56. The monoisotopic (exact) mass is 337 g/mol. The van der Waals surface area contributed by atoms with E-state index in [0.717, 1.165) is 10.6 Å². The Bertz CT molecular complexity index is 662. The van der Waals surface area contributed by atoms with Crippen molar-refractivity contribution >= 4 is 23.4 Å². The Morgan fingerprint density at radius 3 is 2.52 bits per heavy atom. The van der Waals surface area contributed by atoms with Crippen LogP contribution in [0.3, 0.4) is 0 Å². The number of carbonyl (C=O) groups is 1. The van der Waals surface area contributed by atoms with Crippen molar-refractivity contribution in [3.05, 3.63) is 54.1 Å². The largest absolute Gasteiger partial charge is 0.495 e. The Morgan fingerprint density at radius 2 is 1.83 bits per heavy atom. The highest BCUT2D eigenvalue weighted by molar-refractivity contribution is 7.99. The van der Waals surface area contributed by atoms with E-state index in [9.17, 15) is 13.6 Å². The number of hydrogen-bond acceptors (Lipinski definition) is 3. The number of halogens is 2. The Kier molecular flexibility index (Phi) is 6.40. The van der Waals surface area contributed by atoms with Crippen molar-refractivity contribution in [1.82, 2.24) is 0 Å². The van der Waals surface area contributed by atoms with Gasteiger partial charge in [0.25, 0.3) is 0 Å². The first kappa shape index (κ1) is 17.3. The van der Waals surface area contributed by atoms with Crippen LogP contribution in [-0.4, -0.2) is 18.8 Å². The van der Waals surface area contributed by atoms with Gasteiger partial charge < -0.3 is 10.1 Å². The first-order valence-corrected chi connectivity index (χ1v) is 8.09. The van der Waals surface area contributed by atoms with Crippen LogP contribution in [0, 0.1) is 11.6 Å². The number of rotatable bonds is 7. The molecule has 1 amide bonds. The van der Waals surface area contributed by atoms with Crippen LogP contribution < -0.4 is 10.1 Å². The Hall–Kier alpha value is -2.08. The molecule has 0 fully saturated rings. The van der Waals surface area contributed by atoms with Crippen molar-refractivity contribution in [2.45, 2.75) is 17.7 Å². The average molecular weight is 337 g/mol. The predicted octanol–water partition coefficient (Wildman–Crippen LogP) is 4.48. The number of hydrogen-bond donors (Lipinski definition) is 1. The first-order valence-electron chi connectivity index (χ1n) is 7.10. The second-order valence-corrected chi connectivity index (χ2v) is 5.97. The fourth-order valence-corrected chi connectivity index (χ4v) is 2.80. The van der Waals surface area contributed by atoms with Gasteiger partial charge in [0.05, 0.1) is 12.8 Å². The highest BCUT2D eigenvalue weighted by atomic mass is 32.2. The zero-order valence-corrected chi connectivity index (χ0v) is 13.5. The number of benzene rings is 2. The van der Waals surface area contributed by atoms with Gasteiger partial charge in [0.1, 0.15) is 17.4 Å². The zero-order chi connectivity index (χ0) is 16.7. The lowest BCUT2D eigenvalue weighted by molar-refractivity contribution is -0.116. The smallest absolute Gasteiger partial charge is 0.224 e. The maximum Gasteiger partial charge on any atom is 0.224 e. The lowest BCUT2D eigenvalue weighted by Crippen LogP contribution is -2.12. The summed E-state index contributed by atoms with van der Waals surface area (Å²) in [4.78, 5) is 12.9. The normalized spacial score (nSPS) is 10.4. The molecule has 0 saturated carbocycles. The standard InChI is InChI=1S/C17H17F2NO2S/c1-22-16-9-6-13(19)11-15(16)20-17(21)3-2-10-23-14-7-4-12(18)5-8-14/h4-9,11H,2-3,10H2,1H3,(H,20,21). The van der Waals surface area contributed by atoms with Gasteiger partial charge in [-0.1, -0.05) is 0 Å². The maximum absolute atomic E-state index is 13.2. The van der Waals surface area contributed by atoms with Crippen LogP contribution in [0.2, 0.25) is 0 Å². The third-order valence-corrected chi connectivity index (χ3v) is 4.16. The van der Waals surface area contributed by atoms with Gasteiger partial charge in [-0.15, -0.1) is 11.8 Å². The van der Waals surface area contributed by atoms with Crippen LogP contribution in [0.4, 0.5) is 14.5 Å². The molecule has 122 valence electrons. The van der Waals surface area contributed by atoms with Gasteiger partial charge in [-0.3, -0.25) is 4.79 Å². The molecule has 6 heteroatoms. The van der Waals surface area contributed by atoms with Gasteiger partial charge in [-0.25, -0.2) is 8.78 Å². The number of nitrogens with one attached hydrogen (secondary N) is 1. The van der Waals surface area contributed by atoms with Crippen molar-refractivity contribution in [2.75, 3.05) is 18.2 Å². The summed E-state index contributed by atoms with van der Waals surface area (Å²) in [6.45, 7) is 0. The van der Waals surface area contributed by atoms with Crippen molar-refractivity contribution in [2.24, 2.45) is 0 Å². The van der Waals surface area contributed by atoms with Crippen molar-refractivity contribution in [1.29, 1.82) is 0 Å². The highest BCUT2D eigenvalue weighted by Crippen LogP contribution is 2.25. The summed E-state index contributed by atoms with van der Waals surface area (Å²) in [5, 5.41) is 2.65. The quantitative estimate of drug-likeness (QED) is 0.598. The molecule has 0 unspecified atom stereocenters. The van der Waals surface area contributed by atoms with E-state index in [1.807, 2.05) is 0 Å². The molecule has 2 rings (SSSR count). The molecule has 0 saturated heterocycles. The molecule has 2 aromatic rings.